The quantitative estimate of drug-likeness (QED) is 0.398. The summed E-state index contributed by atoms with van der Waals surface area (Å²) in [5.41, 5.74) is 3.66. The number of rotatable bonds is 5. The van der Waals surface area contributed by atoms with E-state index in [1.807, 2.05) is 0 Å². The number of phenols is 1. The number of phenolic OH excluding ortho intramolecular Hbond substituents is 1. The smallest absolute Gasteiger partial charge is 0.275 e. The van der Waals surface area contributed by atoms with Gasteiger partial charge in [0.1, 0.15) is 5.75 Å². The number of nitro groups is 1. The standard InChI is InChI=1S/C18H13ClN4O4/c19-12-3-8-17(24)16(10-12)18(25)21-20-11-15-2-1-9-22(15)13-4-6-14(7-5-13)23(26)27/h1-11,24H,(H,21,25). The molecule has 0 fully saturated rings. The number of halogens is 1. The first-order valence-electron chi connectivity index (χ1n) is 7.70. The minimum atomic E-state index is -0.611. The molecule has 9 heteroatoms. The third-order valence-corrected chi connectivity index (χ3v) is 3.92. The number of amides is 1. The Bertz CT molecular complexity index is 1030. The van der Waals surface area contributed by atoms with Crippen LogP contribution in [0.15, 0.2) is 65.9 Å². The largest absolute Gasteiger partial charge is 0.507 e. The van der Waals surface area contributed by atoms with Crippen molar-refractivity contribution in [2.24, 2.45) is 5.10 Å². The highest BCUT2D eigenvalue weighted by molar-refractivity contribution is 6.31. The predicted molar refractivity (Wildman–Crippen MR) is 101 cm³/mol. The Morgan fingerprint density at radius 3 is 2.67 bits per heavy atom. The van der Waals surface area contributed by atoms with E-state index in [9.17, 15) is 20.0 Å². The number of carbonyl (C=O) groups is 1. The molecule has 1 aromatic heterocycles. The Hall–Kier alpha value is -3.65. The van der Waals surface area contributed by atoms with Gasteiger partial charge in [-0.25, -0.2) is 5.43 Å². The highest BCUT2D eigenvalue weighted by Gasteiger charge is 2.11. The molecule has 0 aliphatic heterocycles. The molecule has 0 radical (unpaired) electrons. The first-order valence-corrected chi connectivity index (χ1v) is 8.07. The first kappa shape index (κ1) is 18.2. The lowest BCUT2D eigenvalue weighted by atomic mass is 10.2. The molecule has 2 N–H and O–H groups in total. The normalized spacial score (nSPS) is 10.9. The molecule has 136 valence electrons. The van der Waals surface area contributed by atoms with Crippen LogP contribution in [0.1, 0.15) is 16.1 Å². The van der Waals surface area contributed by atoms with E-state index in [2.05, 4.69) is 10.5 Å². The molecule has 0 aliphatic rings. The van der Waals surface area contributed by atoms with Gasteiger partial charge in [-0.05, 0) is 42.5 Å². The van der Waals surface area contributed by atoms with Gasteiger partial charge in [0.25, 0.3) is 11.6 Å². The molecule has 27 heavy (non-hydrogen) atoms. The molecule has 0 atom stereocenters. The van der Waals surface area contributed by atoms with Gasteiger partial charge in [-0.1, -0.05) is 11.6 Å². The van der Waals surface area contributed by atoms with Crippen molar-refractivity contribution in [2.45, 2.75) is 0 Å². The van der Waals surface area contributed by atoms with E-state index in [1.54, 1.807) is 35.0 Å². The number of non-ortho nitro benzene ring substituents is 1. The van der Waals surface area contributed by atoms with Crippen LogP contribution in [-0.2, 0) is 0 Å². The Balaban J connectivity index is 1.75. The number of aromatic nitrogens is 1. The van der Waals surface area contributed by atoms with Crippen molar-refractivity contribution >= 4 is 29.4 Å². The third-order valence-electron chi connectivity index (χ3n) is 3.69. The van der Waals surface area contributed by atoms with Crippen molar-refractivity contribution in [3.05, 3.63) is 87.2 Å². The molecule has 0 saturated carbocycles. The monoisotopic (exact) mass is 384 g/mol. The Kier molecular flexibility index (Phi) is 5.18. The van der Waals surface area contributed by atoms with Crippen LogP contribution >= 0.6 is 11.6 Å². The van der Waals surface area contributed by atoms with Gasteiger partial charge in [0.2, 0.25) is 0 Å². The molecule has 0 unspecified atom stereocenters. The van der Waals surface area contributed by atoms with Crippen molar-refractivity contribution < 1.29 is 14.8 Å². The van der Waals surface area contributed by atoms with E-state index in [1.165, 1.54) is 36.5 Å². The SMILES string of the molecule is O=C(NN=Cc1cccn1-c1ccc([N+](=O)[O-])cc1)c1cc(Cl)ccc1O. The molecule has 0 spiro atoms. The van der Waals surface area contributed by atoms with Crippen LogP contribution < -0.4 is 5.43 Å². The van der Waals surface area contributed by atoms with Gasteiger partial charge in [0.05, 0.1) is 22.4 Å². The topological polar surface area (TPSA) is 110 Å². The lowest BCUT2D eigenvalue weighted by Gasteiger charge is -2.06. The van der Waals surface area contributed by atoms with Crippen LogP contribution in [0.4, 0.5) is 5.69 Å². The average molecular weight is 385 g/mol. The number of hydrogen-bond donors (Lipinski definition) is 2. The lowest BCUT2D eigenvalue weighted by Crippen LogP contribution is -2.18. The number of nitro benzene ring substituents is 1. The summed E-state index contributed by atoms with van der Waals surface area (Å²) < 4.78 is 1.75. The number of aromatic hydroxyl groups is 1. The summed E-state index contributed by atoms with van der Waals surface area (Å²) in [7, 11) is 0. The fourth-order valence-electron chi connectivity index (χ4n) is 2.38. The summed E-state index contributed by atoms with van der Waals surface area (Å²) in [5.74, 6) is -0.818. The number of hydrazone groups is 1. The highest BCUT2D eigenvalue weighted by Crippen LogP contribution is 2.21. The number of carbonyl (C=O) groups excluding carboxylic acids is 1. The van der Waals surface area contributed by atoms with Crippen LogP contribution in [0.25, 0.3) is 5.69 Å². The van der Waals surface area contributed by atoms with Gasteiger partial charge >= 0.3 is 0 Å². The zero-order chi connectivity index (χ0) is 19.4. The fraction of sp³-hybridized carbons (Fsp3) is 0. The van der Waals surface area contributed by atoms with Crippen LogP contribution in [-0.4, -0.2) is 26.7 Å². The minimum absolute atomic E-state index is 0.00489. The number of benzene rings is 2. The summed E-state index contributed by atoms with van der Waals surface area (Å²) >= 11 is 5.82. The summed E-state index contributed by atoms with van der Waals surface area (Å²) in [4.78, 5) is 22.4. The molecule has 1 heterocycles. The number of hydrogen-bond acceptors (Lipinski definition) is 5. The van der Waals surface area contributed by atoms with E-state index < -0.39 is 10.8 Å². The van der Waals surface area contributed by atoms with Crippen molar-refractivity contribution in [2.75, 3.05) is 0 Å². The maximum atomic E-state index is 12.1. The fourth-order valence-corrected chi connectivity index (χ4v) is 2.55. The molecular formula is C18H13ClN4O4. The van der Waals surface area contributed by atoms with Gasteiger partial charge in [0, 0.05) is 29.0 Å². The molecule has 1 amide bonds. The van der Waals surface area contributed by atoms with Crippen LogP contribution in [0.5, 0.6) is 5.75 Å². The van der Waals surface area contributed by atoms with E-state index in [0.717, 1.165) is 0 Å². The number of nitrogens with zero attached hydrogens (tertiary/aromatic N) is 3. The van der Waals surface area contributed by atoms with Gasteiger partial charge in [-0.15, -0.1) is 0 Å². The molecule has 0 aliphatic carbocycles. The molecule has 3 rings (SSSR count). The Labute approximate surface area is 158 Å². The summed E-state index contributed by atoms with van der Waals surface area (Å²) in [5, 5.41) is 24.7. The van der Waals surface area contributed by atoms with Gasteiger partial charge in [0.15, 0.2) is 0 Å². The van der Waals surface area contributed by atoms with Crippen molar-refractivity contribution in [1.82, 2.24) is 9.99 Å². The van der Waals surface area contributed by atoms with Gasteiger partial charge in [-0.2, -0.15) is 5.10 Å². The van der Waals surface area contributed by atoms with E-state index >= 15 is 0 Å². The maximum absolute atomic E-state index is 12.1. The summed E-state index contributed by atoms with van der Waals surface area (Å²) in [6.45, 7) is 0. The predicted octanol–water partition coefficient (Wildman–Crippen LogP) is 3.51. The second-order valence-electron chi connectivity index (χ2n) is 5.44. The van der Waals surface area contributed by atoms with E-state index in [4.69, 9.17) is 11.6 Å². The minimum Gasteiger partial charge on any atom is -0.507 e. The third kappa shape index (κ3) is 4.13. The van der Waals surface area contributed by atoms with Gasteiger partial charge in [-0.3, -0.25) is 14.9 Å². The maximum Gasteiger partial charge on any atom is 0.275 e. The molecule has 2 aromatic carbocycles. The van der Waals surface area contributed by atoms with Crippen LogP contribution in [0.2, 0.25) is 5.02 Å². The van der Waals surface area contributed by atoms with Crippen LogP contribution in [0.3, 0.4) is 0 Å². The molecular weight excluding hydrogens is 372 g/mol. The highest BCUT2D eigenvalue weighted by atomic mass is 35.5. The first-order chi connectivity index (χ1) is 13.0. The molecule has 0 bridgehead atoms. The Morgan fingerprint density at radius 2 is 1.96 bits per heavy atom. The molecule has 8 nitrogen and oxygen atoms in total. The Morgan fingerprint density at radius 1 is 1.22 bits per heavy atom. The zero-order valence-electron chi connectivity index (χ0n) is 13.7. The molecule has 0 saturated heterocycles. The van der Waals surface area contributed by atoms with E-state index in [-0.39, 0.29) is 17.0 Å². The zero-order valence-corrected chi connectivity index (χ0v) is 14.5. The van der Waals surface area contributed by atoms with Crippen LogP contribution in [0, 0.1) is 10.1 Å². The second-order valence-corrected chi connectivity index (χ2v) is 5.87. The van der Waals surface area contributed by atoms with Crippen molar-refractivity contribution in [3.63, 3.8) is 0 Å². The summed E-state index contributed by atoms with van der Waals surface area (Å²) in [6, 6.07) is 13.7. The van der Waals surface area contributed by atoms with E-state index in [0.29, 0.717) is 16.4 Å². The van der Waals surface area contributed by atoms with Crippen molar-refractivity contribution in [3.8, 4) is 11.4 Å². The second kappa shape index (κ2) is 7.71. The van der Waals surface area contributed by atoms with Gasteiger partial charge < -0.3 is 9.67 Å². The average Bonchev–Trinajstić information content (AvgIpc) is 3.12. The lowest BCUT2D eigenvalue weighted by molar-refractivity contribution is -0.384. The van der Waals surface area contributed by atoms with Crippen molar-refractivity contribution in [1.29, 1.82) is 0 Å². The molecule has 3 aromatic rings. The summed E-state index contributed by atoms with van der Waals surface area (Å²) in [6.07, 6.45) is 3.17. The number of nitrogens with one attached hydrogen (secondary N) is 1.